The van der Waals surface area contributed by atoms with E-state index in [2.05, 4.69) is 17.6 Å². The normalized spacial score (nSPS) is 10.0. The molecular formula is C13H20N2O2. The Kier molecular flexibility index (Phi) is 6.10. The van der Waals surface area contributed by atoms with Crippen molar-refractivity contribution in [3.8, 4) is 0 Å². The van der Waals surface area contributed by atoms with E-state index in [-0.39, 0.29) is 0 Å². The van der Waals surface area contributed by atoms with Gasteiger partial charge in [-0.05, 0) is 37.6 Å². The smallest absolute Gasteiger partial charge is 0.411 e. The highest BCUT2D eigenvalue weighted by Gasteiger charge is 2.02. The summed E-state index contributed by atoms with van der Waals surface area (Å²) in [5.74, 6) is 0. The minimum absolute atomic E-state index is 0.387. The molecule has 0 aliphatic heterocycles. The van der Waals surface area contributed by atoms with Gasteiger partial charge in [0.25, 0.3) is 0 Å². The van der Waals surface area contributed by atoms with Crippen LogP contribution in [-0.2, 0) is 4.74 Å². The molecule has 0 saturated carbocycles. The summed E-state index contributed by atoms with van der Waals surface area (Å²) < 4.78 is 5.02. The first-order valence-electron chi connectivity index (χ1n) is 5.93. The maximum atomic E-state index is 11.4. The van der Waals surface area contributed by atoms with Gasteiger partial charge in [0.15, 0.2) is 0 Å². The number of nitrogens with one attached hydrogen (secondary N) is 2. The largest absolute Gasteiger partial charge is 0.448 e. The van der Waals surface area contributed by atoms with Crippen LogP contribution in [0.25, 0.3) is 0 Å². The number of aryl methyl sites for hydroxylation is 1. The first-order valence-corrected chi connectivity index (χ1v) is 5.93. The van der Waals surface area contributed by atoms with E-state index in [0.717, 1.165) is 24.2 Å². The minimum atomic E-state index is -0.408. The molecular weight excluding hydrogens is 216 g/mol. The molecule has 94 valence electrons. The topological polar surface area (TPSA) is 50.4 Å². The lowest BCUT2D eigenvalue weighted by Crippen LogP contribution is -2.23. The second-order valence-electron chi connectivity index (χ2n) is 3.88. The Bertz CT molecular complexity index is 353. The number of amides is 1. The molecule has 2 N–H and O–H groups in total. The van der Waals surface area contributed by atoms with Crippen molar-refractivity contribution < 1.29 is 9.53 Å². The summed E-state index contributed by atoms with van der Waals surface area (Å²) in [7, 11) is 0. The van der Waals surface area contributed by atoms with Crippen LogP contribution in [0.15, 0.2) is 24.3 Å². The molecule has 1 rings (SSSR count). The van der Waals surface area contributed by atoms with E-state index < -0.39 is 6.09 Å². The zero-order valence-corrected chi connectivity index (χ0v) is 10.5. The summed E-state index contributed by atoms with van der Waals surface area (Å²) in [5.41, 5.74) is 1.86. The average molecular weight is 236 g/mol. The monoisotopic (exact) mass is 236 g/mol. The Balaban J connectivity index is 2.21. The van der Waals surface area contributed by atoms with Gasteiger partial charge in [-0.15, -0.1) is 0 Å². The average Bonchev–Trinajstić information content (AvgIpc) is 2.29. The maximum absolute atomic E-state index is 11.4. The Morgan fingerprint density at radius 3 is 2.88 bits per heavy atom. The lowest BCUT2D eigenvalue weighted by atomic mass is 10.2. The van der Waals surface area contributed by atoms with E-state index in [0.29, 0.717) is 13.2 Å². The highest BCUT2D eigenvalue weighted by molar-refractivity contribution is 5.84. The molecule has 0 atom stereocenters. The van der Waals surface area contributed by atoms with Crippen molar-refractivity contribution in [2.75, 3.05) is 25.0 Å². The lowest BCUT2D eigenvalue weighted by Gasteiger charge is -2.07. The van der Waals surface area contributed by atoms with Crippen LogP contribution in [0.4, 0.5) is 10.5 Å². The summed E-state index contributed by atoms with van der Waals surface area (Å²) in [6.45, 7) is 6.10. The molecule has 0 fully saturated rings. The number of hydrogen-bond acceptors (Lipinski definition) is 3. The van der Waals surface area contributed by atoms with Gasteiger partial charge in [0.05, 0.1) is 0 Å². The van der Waals surface area contributed by atoms with Gasteiger partial charge < -0.3 is 10.1 Å². The summed E-state index contributed by atoms with van der Waals surface area (Å²) in [5, 5.41) is 5.84. The van der Waals surface area contributed by atoms with Gasteiger partial charge in [-0.3, -0.25) is 5.32 Å². The molecule has 0 radical (unpaired) electrons. The van der Waals surface area contributed by atoms with Crippen molar-refractivity contribution in [3.63, 3.8) is 0 Å². The van der Waals surface area contributed by atoms with Crippen molar-refractivity contribution in [2.24, 2.45) is 0 Å². The zero-order valence-electron chi connectivity index (χ0n) is 10.5. The second-order valence-corrected chi connectivity index (χ2v) is 3.88. The van der Waals surface area contributed by atoms with Crippen LogP contribution in [0.2, 0.25) is 0 Å². The maximum Gasteiger partial charge on any atom is 0.411 e. The van der Waals surface area contributed by atoms with Gasteiger partial charge in [0.2, 0.25) is 0 Å². The molecule has 0 aliphatic carbocycles. The number of anilines is 1. The Labute approximate surface area is 102 Å². The van der Waals surface area contributed by atoms with Crippen LogP contribution in [0.3, 0.4) is 0 Å². The molecule has 0 aliphatic rings. The fourth-order valence-corrected chi connectivity index (χ4v) is 1.39. The quantitative estimate of drug-likeness (QED) is 0.746. The van der Waals surface area contributed by atoms with Gasteiger partial charge in [-0.25, -0.2) is 4.79 Å². The number of ether oxygens (including phenoxy) is 1. The van der Waals surface area contributed by atoms with E-state index in [1.165, 1.54) is 0 Å². The molecule has 1 amide bonds. The first kappa shape index (κ1) is 13.5. The Morgan fingerprint density at radius 1 is 1.35 bits per heavy atom. The predicted octanol–water partition coefficient (Wildman–Crippen LogP) is 2.54. The van der Waals surface area contributed by atoms with E-state index in [9.17, 15) is 4.79 Å². The number of carbonyl (C=O) groups excluding carboxylic acids is 1. The number of carbonyl (C=O) groups is 1. The van der Waals surface area contributed by atoms with Crippen molar-refractivity contribution in [2.45, 2.75) is 20.3 Å². The molecule has 4 heteroatoms. The summed E-state index contributed by atoms with van der Waals surface area (Å²) in [6.07, 6.45) is 0.670. The molecule has 0 unspecified atom stereocenters. The first-order chi connectivity index (χ1) is 8.22. The highest BCUT2D eigenvalue weighted by atomic mass is 16.5. The molecule has 0 heterocycles. The van der Waals surface area contributed by atoms with E-state index in [1.807, 2.05) is 31.2 Å². The number of rotatable bonds is 6. The predicted molar refractivity (Wildman–Crippen MR) is 69.3 cm³/mol. The van der Waals surface area contributed by atoms with Crippen molar-refractivity contribution >= 4 is 11.8 Å². The minimum Gasteiger partial charge on any atom is -0.448 e. The van der Waals surface area contributed by atoms with Crippen LogP contribution >= 0.6 is 0 Å². The molecule has 0 bridgehead atoms. The zero-order chi connectivity index (χ0) is 12.5. The molecule has 1 aromatic carbocycles. The molecule has 4 nitrogen and oxygen atoms in total. The highest BCUT2D eigenvalue weighted by Crippen LogP contribution is 2.09. The van der Waals surface area contributed by atoms with Gasteiger partial charge in [-0.2, -0.15) is 0 Å². The fourth-order valence-electron chi connectivity index (χ4n) is 1.39. The molecule has 0 saturated heterocycles. The SMILES string of the molecule is CCCNCCOC(=O)Nc1cccc(C)c1. The molecule has 0 spiro atoms. The van der Waals surface area contributed by atoms with Crippen LogP contribution in [0.5, 0.6) is 0 Å². The van der Waals surface area contributed by atoms with Gasteiger partial charge >= 0.3 is 6.09 Å². The Hall–Kier alpha value is -1.55. The van der Waals surface area contributed by atoms with Gasteiger partial charge in [0.1, 0.15) is 6.61 Å². The summed E-state index contributed by atoms with van der Waals surface area (Å²) >= 11 is 0. The van der Waals surface area contributed by atoms with Crippen LogP contribution in [0.1, 0.15) is 18.9 Å². The number of hydrogen-bond donors (Lipinski definition) is 2. The van der Waals surface area contributed by atoms with Crippen molar-refractivity contribution in [3.05, 3.63) is 29.8 Å². The lowest BCUT2D eigenvalue weighted by molar-refractivity contribution is 0.162. The van der Waals surface area contributed by atoms with Crippen LogP contribution < -0.4 is 10.6 Å². The Morgan fingerprint density at radius 2 is 2.18 bits per heavy atom. The molecule has 17 heavy (non-hydrogen) atoms. The molecule has 1 aromatic rings. The summed E-state index contributed by atoms with van der Waals surface area (Å²) in [6, 6.07) is 7.61. The third kappa shape index (κ3) is 5.92. The fraction of sp³-hybridized carbons (Fsp3) is 0.462. The van der Waals surface area contributed by atoms with Crippen LogP contribution in [0, 0.1) is 6.92 Å². The third-order valence-corrected chi connectivity index (χ3v) is 2.20. The van der Waals surface area contributed by atoms with E-state index >= 15 is 0 Å². The number of benzene rings is 1. The van der Waals surface area contributed by atoms with Gasteiger partial charge in [0, 0.05) is 12.2 Å². The van der Waals surface area contributed by atoms with Crippen molar-refractivity contribution in [1.29, 1.82) is 0 Å². The second kappa shape index (κ2) is 7.68. The third-order valence-electron chi connectivity index (χ3n) is 2.20. The molecule has 0 aromatic heterocycles. The van der Waals surface area contributed by atoms with Crippen molar-refractivity contribution in [1.82, 2.24) is 5.32 Å². The standard InChI is InChI=1S/C13H20N2O2/c1-3-7-14-8-9-17-13(16)15-12-6-4-5-11(2)10-12/h4-6,10,14H,3,7-9H2,1-2H3,(H,15,16). The van der Waals surface area contributed by atoms with Gasteiger partial charge in [-0.1, -0.05) is 19.1 Å². The van der Waals surface area contributed by atoms with E-state index in [4.69, 9.17) is 4.74 Å². The van der Waals surface area contributed by atoms with E-state index in [1.54, 1.807) is 0 Å². The van der Waals surface area contributed by atoms with Crippen LogP contribution in [-0.4, -0.2) is 25.8 Å². The summed E-state index contributed by atoms with van der Waals surface area (Å²) in [4.78, 5) is 11.4.